The van der Waals surface area contributed by atoms with Crippen LogP contribution in [0.25, 0.3) is 11.2 Å². The summed E-state index contributed by atoms with van der Waals surface area (Å²) in [5.74, 6) is 1.56. The minimum Gasteiger partial charge on any atom is -0.491 e. The number of hydrogen-bond donors (Lipinski definition) is 0. The van der Waals surface area contributed by atoms with Gasteiger partial charge in [-0.1, -0.05) is 47.0 Å². The smallest absolute Gasteiger partial charge is 0.225 e. The summed E-state index contributed by atoms with van der Waals surface area (Å²) in [5.41, 5.74) is 3.33. The van der Waals surface area contributed by atoms with Crippen molar-refractivity contribution in [2.75, 3.05) is 6.61 Å². The third-order valence-electron chi connectivity index (χ3n) is 5.59. The molecule has 0 N–H and O–H groups in total. The Hall–Kier alpha value is -2.87. The van der Waals surface area contributed by atoms with Crippen molar-refractivity contribution in [3.05, 3.63) is 76.4 Å². The quantitative estimate of drug-likeness (QED) is 0.263. The molecule has 2 aromatic heterocycles. The summed E-state index contributed by atoms with van der Waals surface area (Å²) in [6.45, 7) is 4.41. The van der Waals surface area contributed by atoms with Gasteiger partial charge in [0.2, 0.25) is 5.28 Å². The van der Waals surface area contributed by atoms with Crippen LogP contribution in [-0.2, 0) is 4.74 Å². The van der Waals surface area contributed by atoms with Crippen LogP contribution >= 0.6 is 23.2 Å². The number of ether oxygens (including phenoxy) is 3. The molecule has 9 heteroatoms. The lowest BCUT2D eigenvalue weighted by molar-refractivity contribution is -0.0341. The number of fused-ring (bicyclic) bond motifs is 1. The lowest BCUT2D eigenvalue weighted by Crippen LogP contribution is -2.32. The van der Waals surface area contributed by atoms with Crippen LogP contribution in [0, 0.1) is 13.8 Å². The molecule has 0 amide bonds. The molecule has 0 unspecified atom stereocenters. The Bertz CT molecular complexity index is 1260. The largest absolute Gasteiger partial charge is 0.491 e. The number of halogens is 2. The van der Waals surface area contributed by atoms with Crippen molar-refractivity contribution < 1.29 is 14.2 Å². The molecule has 4 aromatic rings. The summed E-state index contributed by atoms with van der Waals surface area (Å²) in [6.07, 6.45) is 1.27. The average molecular weight is 485 g/mol. The summed E-state index contributed by atoms with van der Waals surface area (Å²) in [6, 6.07) is 15.9. The average Bonchev–Trinajstić information content (AvgIpc) is 3.39. The van der Waals surface area contributed by atoms with Gasteiger partial charge in [0.25, 0.3) is 0 Å². The number of aryl methyl sites for hydroxylation is 2. The molecular formula is C24H22Cl2N4O3. The summed E-state index contributed by atoms with van der Waals surface area (Å²) in [4.78, 5) is 12.6. The fraction of sp³-hybridized carbons (Fsp3) is 0.292. The van der Waals surface area contributed by atoms with Crippen LogP contribution in [0.2, 0.25) is 10.4 Å². The molecule has 0 radical (unpaired) electrons. The predicted octanol–water partition coefficient (Wildman–Crippen LogP) is 5.56. The van der Waals surface area contributed by atoms with E-state index in [0.717, 1.165) is 11.5 Å². The minimum atomic E-state index is -0.376. The molecule has 3 atom stereocenters. The summed E-state index contributed by atoms with van der Waals surface area (Å²) < 4.78 is 20.5. The van der Waals surface area contributed by atoms with E-state index >= 15 is 0 Å². The lowest BCUT2D eigenvalue weighted by atomic mass is 10.1. The van der Waals surface area contributed by atoms with Gasteiger partial charge in [0.15, 0.2) is 10.8 Å². The van der Waals surface area contributed by atoms with Crippen LogP contribution in [0.15, 0.2) is 54.9 Å². The second-order valence-corrected chi connectivity index (χ2v) is 8.76. The maximum atomic E-state index is 6.37. The molecule has 170 valence electrons. The topological polar surface area (TPSA) is 71.3 Å². The maximum Gasteiger partial charge on any atom is 0.225 e. The van der Waals surface area contributed by atoms with Gasteiger partial charge in [0, 0.05) is 6.42 Å². The highest BCUT2D eigenvalue weighted by atomic mass is 35.5. The fourth-order valence-electron chi connectivity index (χ4n) is 3.82. The minimum absolute atomic E-state index is 0.0546. The van der Waals surface area contributed by atoms with Gasteiger partial charge < -0.3 is 14.2 Å². The third-order valence-corrected chi connectivity index (χ3v) is 6.02. The van der Waals surface area contributed by atoms with E-state index in [2.05, 4.69) is 15.0 Å². The van der Waals surface area contributed by atoms with Gasteiger partial charge in [-0.3, -0.25) is 4.57 Å². The number of benzene rings is 2. The number of rotatable bonds is 6. The van der Waals surface area contributed by atoms with Gasteiger partial charge in [0.1, 0.15) is 42.1 Å². The molecule has 1 fully saturated rings. The fourth-order valence-corrected chi connectivity index (χ4v) is 4.24. The first-order valence-electron chi connectivity index (χ1n) is 10.6. The van der Waals surface area contributed by atoms with Crippen LogP contribution in [-0.4, -0.2) is 38.3 Å². The van der Waals surface area contributed by atoms with Crippen molar-refractivity contribution in [3.63, 3.8) is 0 Å². The lowest BCUT2D eigenvalue weighted by Gasteiger charge is -2.20. The van der Waals surface area contributed by atoms with E-state index in [1.54, 1.807) is 6.33 Å². The number of hydrogen-bond acceptors (Lipinski definition) is 6. The van der Waals surface area contributed by atoms with Crippen molar-refractivity contribution in [3.8, 4) is 11.5 Å². The van der Waals surface area contributed by atoms with Gasteiger partial charge in [-0.05, 0) is 49.7 Å². The summed E-state index contributed by atoms with van der Waals surface area (Å²) >= 11 is 12.2. The Morgan fingerprint density at radius 2 is 1.64 bits per heavy atom. The van der Waals surface area contributed by atoms with E-state index in [4.69, 9.17) is 37.4 Å². The molecule has 0 saturated carbocycles. The van der Waals surface area contributed by atoms with Crippen LogP contribution in [0.5, 0.6) is 11.5 Å². The molecule has 0 spiro atoms. The summed E-state index contributed by atoms with van der Waals surface area (Å²) in [7, 11) is 0. The van der Waals surface area contributed by atoms with Crippen molar-refractivity contribution >= 4 is 34.4 Å². The zero-order valence-electron chi connectivity index (χ0n) is 18.1. The molecule has 5 rings (SSSR count). The van der Waals surface area contributed by atoms with E-state index in [9.17, 15) is 0 Å². The van der Waals surface area contributed by atoms with Crippen molar-refractivity contribution in [1.29, 1.82) is 0 Å². The Morgan fingerprint density at radius 3 is 2.33 bits per heavy atom. The van der Waals surface area contributed by atoms with Crippen molar-refractivity contribution in [2.45, 2.75) is 38.7 Å². The second kappa shape index (κ2) is 9.17. The van der Waals surface area contributed by atoms with Gasteiger partial charge in [-0.2, -0.15) is 4.98 Å². The molecular weight excluding hydrogens is 463 g/mol. The number of nitrogens with zero attached hydrogens (tertiary/aromatic N) is 4. The SMILES string of the molecule is Cc1ccc(OC[C@@H]2O[C@H](n3cnc4c(Cl)nc(Cl)nc43)C[C@H]2Oc2ccc(C)cc2)cc1. The van der Waals surface area contributed by atoms with E-state index in [1.807, 2.05) is 66.9 Å². The second-order valence-electron chi connectivity index (χ2n) is 8.07. The zero-order valence-corrected chi connectivity index (χ0v) is 19.6. The number of aromatic nitrogens is 4. The predicted molar refractivity (Wildman–Crippen MR) is 126 cm³/mol. The van der Waals surface area contributed by atoms with Crippen LogP contribution < -0.4 is 9.47 Å². The molecule has 1 aliphatic heterocycles. The molecule has 0 bridgehead atoms. The summed E-state index contributed by atoms with van der Waals surface area (Å²) in [5, 5.41) is 0.257. The Labute approximate surface area is 201 Å². The van der Waals surface area contributed by atoms with Crippen molar-refractivity contribution in [1.82, 2.24) is 19.5 Å². The van der Waals surface area contributed by atoms with E-state index in [0.29, 0.717) is 24.2 Å². The van der Waals surface area contributed by atoms with E-state index < -0.39 is 0 Å². The molecule has 1 saturated heterocycles. The first-order chi connectivity index (χ1) is 16.0. The van der Waals surface area contributed by atoms with Gasteiger partial charge >= 0.3 is 0 Å². The van der Waals surface area contributed by atoms with Crippen LogP contribution in [0.4, 0.5) is 0 Å². The highest BCUT2D eigenvalue weighted by Gasteiger charge is 2.39. The molecule has 7 nitrogen and oxygen atoms in total. The van der Waals surface area contributed by atoms with Crippen molar-refractivity contribution in [2.24, 2.45) is 0 Å². The molecule has 0 aliphatic carbocycles. The highest BCUT2D eigenvalue weighted by molar-refractivity contribution is 6.35. The van der Waals surface area contributed by atoms with Gasteiger partial charge in [-0.25, -0.2) is 9.97 Å². The third kappa shape index (κ3) is 4.76. The Kier molecular flexibility index (Phi) is 6.10. The maximum absolute atomic E-state index is 6.37. The van der Waals surface area contributed by atoms with Crippen LogP contribution in [0.3, 0.4) is 0 Å². The monoisotopic (exact) mass is 484 g/mol. The zero-order chi connectivity index (χ0) is 22.9. The molecule has 33 heavy (non-hydrogen) atoms. The highest BCUT2D eigenvalue weighted by Crippen LogP contribution is 2.35. The Morgan fingerprint density at radius 1 is 0.970 bits per heavy atom. The molecule has 1 aliphatic rings. The first-order valence-corrected chi connectivity index (χ1v) is 11.4. The van der Waals surface area contributed by atoms with Gasteiger partial charge in [-0.15, -0.1) is 0 Å². The Balaban J connectivity index is 1.40. The van der Waals surface area contributed by atoms with E-state index in [-0.39, 0.29) is 28.9 Å². The number of imidazole rings is 1. The standard InChI is InChI=1S/C24H22Cl2N4O3/c1-14-3-7-16(8-4-14)31-12-19-18(32-17-9-5-15(2)6-10-17)11-20(33-19)30-13-27-21-22(25)28-24(26)29-23(21)30/h3-10,13,18-20H,11-12H2,1-2H3/t18-,19+,20+/m1/s1. The van der Waals surface area contributed by atoms with Crippen LogP contribution in [0.1, 0.15) is 23.8 Å². The first kappa shape index (κ1) is 21.9. The molecule has 2 aromatic carbocycles. The normalized spacial score (nSPS) is 20.3. The molecule has 3 heterocycles. The van der Waals surface area contributed by atoms with E-state index in [1.165, 1.54) is 11.1 Å². The van der Waals surface area contributed by atoms with Gasteiger partial charge in [0.05, 0.1) is 6.33 Å².